The maximum Gasteiger partial charge on any atom is 0.304 e. The van der Waals surface area contributed by atoms with Gasteiger partial charge in [0, 0.05) is 31.7 Å². The molecular weight excluding hydrogens is 180 g/mol. The van der Waals surface area contributed by atoms with E-state index in [-0.39, 0.29) is 12.5 Å². The lowest BCUT2D eigenvalue weighted by Crippen LogP contribution is -2.52. The van der Waals surface area contributed by atoms with Crippen LogP contribution in [0, 0.1) is 0 Å². The molecule has 1 unspecified atom stereocenters. The van der Waals surface area contributed by atoms with Gasteiger partial charge in [-0.25, -0.2) is 0 Å². The lowest BCUT2D eigenvalue weighted by Gasteiger charge is -2.39. The van der Waals surface area contributed by atoms with Crippen LogP contribution < -0.4 is 0 Å². The summed E-state index contributed by atoms with van der Waals surface area (Å²) in [5, 5.41) is 8.78. The molecule has 1 heterocycles. The zero-order chi connectivity index (χ0) is 10.1. The van der Waals surface area contributed by atoms with E-state index in [9.17, 15) is 4.79 Å². The molecule has 2 rings (SSSR count). The molecule has 1 atom stereocenters. The minimum absolute atomic E-state index is 0.210. The van der Waals surface area contributed by atoms with Gasteiger partial charge in [-0.1, -0.05) is 0 Å². The van der Waals surface area contributed by atoms with Crippen molar-refractivity contribution in [3.05, 3.63) is 0 Å². The fraction of sp³-hybridized carbons (Fsp3) is 0.900. The van der Waals surface area contributed by atoms with Gasteiger partial charge in [-0.2, -0.15) is 0 Å². The predicted molar refractivity (Wildman–Crippen MR) is 53.3 cm³/mol. The van der Waals surface area contributed by atoms with Crippen LogP contribution in [0.4, 0.5) is 0 Å². The summed E-state index contributed by atoms with van der Waals surface area (Å²) in [7, 11) is 2.03. The van der Waals surface area contributed by atoms with E-state index in [4.69, 9.17) is 5.11 Å². The van der Waals surface area contributed by atoms with Crippen LogP contribution in [0.25, 0.3) is 0 Å². The number of rotatable bonds is 3. The number of aliphatic carboxylic acids is 1. The summed E-state index contributed by atoms with van der Waals surface area (Å²) in [5.74, 6) is -0.681. The Morgan fingerprint density at radius 2 is 2.14 bits per heavy atom. The van der Waals surface area contributed by atoms with Crippen molar-refractivity contribution in [1.29, 1.82) is 0 Å². The lowest BCUT2D eigenvalue weighted by atomic mass is 10.1. The van der Waals surface area contributed by atoms with Crippen molar-refractivity contribution in [2.45, 2.75) is 31.3 Å². The molecule has 0 spiro atoms. The number of carboxylic acid groups (broad SMARTS) is 1. The third kappa shape index (κ3) is 2.25. The molecule has 0 amide bonds. The first-order valence-corrected chi connectivity index (χ1v) is 5.33. The van der Waals surface area contributed by atoms with Gasteiger partial charge in [-0.15, -0.1) is 0 Å². The second-order valence-corrected chi connectivity index (χ2v) is 4.46. The smallest absolute Gasteiger partial charge is 0.304 e. The third-order valence-electron chi connectivity index (χ3n) is 3.28. The molecule has 2 fully saturated rings. The van der Waals surface area contributed by atoms with Crippen molar-refractivity contribution >= 4 is 5.97 Å². The second-order valence-electron chi connectivity index (χ2n) is 4.46. The number of piperazine rings is 1. The molecule has 0 aromatic heterocycles. The Labute approximate surface area is 84.5 Å². The summed E-state index contributed by atoms with van der Waals surface area (Å²) < 4.78 is 0. The van der Waals surface area contributed by atoms with Crippen molar-refractivity contribution in [1.82, 2.24) is 9.80 Å². The SMILES string of the molecule is CN1CCN(C2CC2)CC1CC(=O)O. The van der Waals surface area contributed by atoms with Crippen LogP contribution in [-0.2, 0) is 4.79 Å². The lowest BCUT2D eigenvalue weighted by molar-refractivity contribution is -0.138. The van der Waals surface area contributed by atoms with Crippen molar-refractivity contribution in [2.75, 3.05) is 26.7 Å². The van der Waals surface area contributed by atoms with Gasteiger partial charge < -0.3 is 10.0 Å². The van der Waals surface area contributed by atoms with E-state index >= 15 is 0 Å². The Balaban J connectivity index is 1.88. The molecule has 1 N–H and O–H groups in total. The summed E-state index contributed by atoms with van der Waals surface area (Å²) >= 11 is 0. The Hall–Kier alpha value is -0.610. The Morgan fingerprint density at radius 1 is 1.43 bits per heavy atom. The van der Waals surface area contributed by atoms with Gasteiger partial charge in [-0.05, 0) is 19.9 Å². The van der Waals surface area contributed by atoms with Crippen LogP contribution in [0.2, 0.25) is 0 Å². The third-order valence-corrected chi connectivity index (χ3v) is 3.28. The highest BCUT2D eigenvalue weighted by Crippen LogP contribution is 2.28. The molecule has 80 valence electrons. The van der Waals surface area contributed by atoms with Crippen LogP contribution in [0.3, 0.4) is 0 Å². The van der Waals surface area contributed by atoms with Crippen LogP contribution in [0.15, 0.2) is 0 Å². The second kappa shape index (κ2) is 3.87. The quantitative estimate of drug-likeness (QED) is 0.705. The molecule has 1 aliphatic heterocycles. The zero-order valence-electron chi connectivity index (χ0n) is 8.65. The summed E-state index contributed by atoms with van der Waals surface area (Å²) in [6, 6.07) is 0.974. The molecule has 14 heavy (non-hydrogen) atoms. The molecule has 0 aromatic carbocycles. The van der Waals surface area contributed by atoms with Crippen molar-refractivity contribution in [3.63, 3.8) is 0 Å². The van der Waals surface area contributed by atoms with E-state index < -0.39 is 5.97 Å². The minimum atomic E-state index is -0.681. The van der Waals surface area contributed by atoms with Gasteiger partial charge >= 0.3 is 5.97 Å². The summed E-state index contributed by atoms with van der Waals surface area (Å²) in [5.41, 5.74) is 0. The Morgan fingerprint density at radius 3 is 2.71 bits per heavy atom. The summed E-state index contributed by atoms with van der Waals surface area (Å²) in [6.45, 7) is 3.05. The number of nitrogens with zero attached hydrogens (tertiary/aromatic N) is 2. The predicted octanol–water partition coefficient (Wildman–Crippen LogP) is 0.239. The maximum atomic E-state index is 10.7. The summed E-state index contributed by atoms with van der Waals surface area (Å²) in [4.78, 5) is 15.3. The molecule has 2 aliphatic rings. The van der Waals surface area contributed by atoms with E-state index in [1.54, 1.807) is 0 Å². The fourth-order valence-corrected chi connectivity index (χ4v) is 2.16. The van der Waals surface area contributed by atoms with Crippen LogP contribution in [0.1, 0.15) is 19.3 Å². The first kappa shape index (κ1) is 9.93. The highest BCUT2D eigenvalue weighted by Gasteiger charge is 2.34. The Bertz CT molecular complexity index is 228. The van der Waals surface area contributed by atoms with Gasteiger partial charge in [0.2, 0.25) is 0 Å². The number of likely N-dealkylation sites (N-methyl/N-ethyl adjacent to an activating group) is 1. The van der Waals surface area contributed by atoms with Gasteiger partial charge in [0.1, 0.15) is 0 Å². The van der Waals surface area contributed by atoms with Crippen molar-refractivity contribution in [2.24, 2.45) is 0 Å². The van der Waals surface area contributed by atoms with E-state index in [1.807, 2.05) is 7.05 Å². The minimum Gasteiger partial charge on any atom is -0.481 e. The number of hydrogen-bond donors (Lipinski definition) is 1. The molecule has 0 bridgehead atoms. The topological polar surface area (TPSA) is 43.8 Å². The molecule has 1 saturated heterocycles. The van der Waals surface area contributed by atoms with Gasteiger partial charge in [0.25, 0.3) is 0 Å². The van der Waals surface area contributed by atoms with Crippen molar-refractivity contribution in [3.8, 4) is 0 Å². The van der Waals surface area contributed by atoms with Gasteiger partial charge in [-0.3, -0.25) is 9.69 Å². The standard InChI is InChI=1S/C10H18N2O2/c1-11-4-5-12(8-2-3-8)7-9(11)6-10(13)14/h8-9H,2-7H2,1H3,(H,13,14). The molecule has 0 aromatic rings. The Kier molecular flexibility index (Phi) is 2.74. The number of carboxylic acids is 1. The van der Waals surface area contributed by atoms with Gasteiger partial charge in [0.05, 0.1) is 6.42 Å². The van der Waals surface area contributed by atoms with Gasteiger partial charge in [0.15, 0.2) is 0 Å². The largest absolute Gasteiger partial charge is 0.481 e. The molecule has 4 heteroatoms. The zero-order valence-corrected chi connectivity index (χ0v) is 8.65. The van der Waals surface area contributed by atoms with Crippen LogP contribution in [-0.4, -0.2) is 59.6 Å². The van der Waals surface area contributed by atoms with E-state index in [0.717, 1.165) is 25.7 Å². The monoisotopic (exact) mass is 198 g/mol. The van der Waals surface area contributed by atoms with Crippen molar-refractivity contribution < 1.29 is 9.90 Å². The highest BCUT2D eigenvalue weighted by atomic mass is 16.4. The van der Waals surface area contributed by atoms with Crippen LogP contribution in [0.5, 0.6) is 0 Å². The fourth-order valence-electron chi connectivity index (χ4n) is 2.16. The average molecular weight is 198 g/mol. The van der Waals surface area contributed by atoms with E-state index in [0.29, 0.717) is 0 Å². The van der Waals surface area contributed by atoms with Crippen LogP contribution >= 0.6 is 0 Å². The average Bonchev–Trinajstić information content (AvgIpc) is 2.91. The first-order valence-electron chi connectivity index (χ1n) is 5.33. The molecular formula is C10H18N2O2. The summed E-state index contributed by atoms with van der Waals surface area (Å²) in [6.07, 6.45) is 2.90. The normalized spacial score (nSPS) is 30.5. The molecule has 1 aliphatic carbocycles. The van der Waals surface area contributed by atoms with E-state index in [1.165, 1.54) is 12.8 Å². The van der Waals surface area contributed by atoms with E-state index in [2.05, 4.69) is 9.80 Å². The molecule has 4 nitrogen and oxygen atoms in total. The maximum absolute atomic E-state index is 10.7. The first-order chi connectivity index (χ1) is 6.66. The number of hydrogen-bond acceptors (Lipinski definition) is 3. The molecule has 0 radical (unpaired) electrons. The number of carbonyl (C=O) groups is 1. The molecule has 1 saturated carbocycles. The highest BCUT2D eigenvalue weighted by molar-refractivity contribution is 5.67.